The summed E-state index contributed by atoms with van der Waals surface area (Å²) in [5, 5.41) is 9.61. The minimum Gasteiger partial charge on any atom is -0.497 e. The molecule has 136 valence electrons. The molecule has 5 heteroatoms. The predicted molar refractivity (Wildman–Crippen MR) is 98.3 cm³/mol. The van der Waals surface area contributed by atoms with Gasteiger partial charge in [0.15, 0.2) is 0 Å². The summed E-state index contributed by atoms with van der Waals surface area (Å²) in [6, 6.07) is 17.0. The molecule has 3 unspecified atom stereocenters. The second-order valence-corrected chi connectivity index (χ2v) is 6.70. The molecular weight excluding hydrogens is 330 g/mol. The summed E-state index contributed by atoms with van der Waals surface area (Å²) in [6.07, 6.45) is 0. The number of hydrogen-bond donors (Lipinski definition) is 1. The maximum absolute atomic E-state index is 13.0. The maximum Gasteiger partial charge on any atom is 0.308 e. The molecule has 1 aliphatic rings. The van der Waals surface area contributed by atoms with Crippen molar-refractivity contribution < 1.29 is 19.4 Å². The summed E-state index contributed by atoms with van der Waals surface area (Å²) in [5.41, 5.74) is 1.83. The summed E-state index contributed by atoms with van der Waals surface area (Å²) >= 11 is 0. The van der Waals surface area contributed by atoms with Gasteiger partial charge in [-0.15, -0.1) is 0 Å². The fourth-order valence-electron chi connectivity index (χ4n) is 3.60. The molecule has 0 spiro atoms. The van der Waals surface area contributed by atoms with Crippen LogP contribution >= 0.6 is 0 Å². The zero-order valence-electron chi connectivity index (χ0n) is 15.0. The molecule has 1 heterocycles. The molecule has 0 saturated carbocycles. The number of nitrogens with zero attached hydrogens (tertiary/aromatic N) is 1. The van der Waals surface area contributed by atoms with Gasteiger partial charge in [-0.1, -0.05) is 42.5 Å². The molecule has 2 aromatic rings. The van der Waals surface area contributed by atoms with Gasteiger partial charge in [-0.25, -0.2) is 0 Å². The van der Waals surface area contributed by atoms with E-state index >= 15 is 0 Å². The van der Waals surface area contributed by atoms with Gasteiger partial charge < -0.3 is 14.7 Å². The molecule has 2 aromatic carbocycles. The lowest BCUT2D eigenvalue weighted by molar-refractivity contribution is -0.141. The number of carboxylic acids is 1. The number of amides is 1. The first kappa shape index (κ1) is 18.0. The Morgan fingerprint density at radius 2 is 1.85 bits per heavy atom. The molecule has 1 amide bonds. The van der Waals surface area contributed by atoms with Crippen molar-refractivity contribution in [3.63, 3.8) is 0 Å². The Morgan fingerprint density at radius 1 is 1.12 bits per heavy atom. The van der Waals surface area contributed by atoms with Crippen LogP contribution in [0.4, 0.5) is 0 Å². The maximum atomic E-state index is 13.0. The van der Waals surface area contributed by atoms with Crippen molar-refractivity contribution in [3.05, 3.63) is 65.7 Å². The van der Waals surface area contributed by atoms with Crippen LogP contribution in [0.3, 0.4) is 0 Å². The third-order valence-corrected chi connectivity index (χ3v) is 5.14. The molecule has 0 radical (unpaired) electrons. The molecule has 1 fully saturated rings. The zero-order chi connectivity index (χ0) is 18.7. The second-order valence-electron chi connectivity index (χ2n) is 6.70. The van der Waals surface area contributed by atoms with E-state index in [0.717, 1.165) is 11.1 Å². The van der Waals surface area contributed by atoms with Crippen molar-refractivity contribution in [1.29, 1.82) is 0 Å². The Labute approximate surface area is 153 Å². The van der Waals surface area contributed by atoms with Gasteiger partial charge in [0, 0.05) is 19.0 Å². The molecule has 1 N–H and O–H groups in total. The van der Waals surface area contributed by atoms with Crippen molar-refractivity contribution in [2.24, 2.45) is 5.92 Å². The number of likely N-dealkylation sites (tertiary alicyclic amines) is 1. The minimum absolute atomic E-state index is 0.0528. The van der Waals surface area contributed by atoms with E-state index in [1.807, 2.05) is 61.5 Å². The summed E-state index contributed by atoms with van der Waals surface area (Å²) in [4.78, 5) is 26.4. The molecule has 3 atom stereocenters. The van der Waals surface area contributed by atoms with E-state index in [2.05, 4.69) is 0 Å². The molecule has 1 saturated heterocycles. The quantitative estimate of drug-likeness (QED) is 0.897. The Bertz CT molecular complexity index is 790. The molecule has 3 rings (SSSR count). The molecule has 0 bridgehead atoms. The third kappa shape index (κ3) is 3.57. The van der Waals surface area contributed by atoms with Crippen molar-refractivity contribution in [1.82, 2.24) is 4.90 Å². The molecule has 0 aromatic heterocycles. The third-order valence-electron chi connectivity index (χ3n) is 5.14. The van der Waals surface area contributed by atoms with Crippen LogP contribution < -0.4 is 4.74 Å². The first-order valence-electron chi connectivity index (χ1n) is 8.71. The van der Waals surface area contributed by atoms with E-state index < -0.39 is 11.9 Å². The second kappa shape index (κ2) is 7.60. The van der Waals surface area contributed by atoms with Gasteiger partial charge in [0.2, 0.25) is 5.91 Å². The zero-order valence-corrected chi connectivity index (χ0v) is 15.0. The summed E-state index contributed by atoms with van der Waals surface area (Å²) < 4.78 is 5.23. The van der Waals surface area contributed by atoms with Crippen LogP contribution in [0.25, 0.3) is 0 Å². The van der Waals surface area contributed by atoms with E-state index in [1.54, 1.807) is 12.0 Å². The number of ether oxygens (including phenoxy) is 1. The van der Waals surface area contributed by atoms with Crippen LogP contribution in [-0.2, 0) is 9.59 Å². The van der Waals surface area contributed by atoms with E-state index in [1.165, 1.54) is 0 Å². The lowest BCUT2D eigenvalue weighted by atomic mass is 9.89. The van der Waals surface area contributed by atoms with Gasteiger partial charge in [0.25, 0.3) is 0 Å². The highest BCUT2D eigenvalue weighted by atomic mass is 16.5. The van der Waals surface area contributed by atoms with Crippen molar-refractivity contribution >= 4 is 11.9 Å². The molecule has 26 heavy (non-hydrogen) atoms. The molecular formula is C21H23NO4. The van der Waals surface area contributed by atoms with Gasteiger partial charge in [0.05, 0.1) is 18.9 Å². The lowest BCUT2D eigenvalue weighted by Crippen LogP contribution is -2.33. The first-order valence-corrected chi connectivity index (χ1v) is 8.71. The monoisotopic (exact) mass is 353 g/mol. The van der Waals surface area contributed by atoms with Crippen LogP contribution in [0, 0.1) is 5.92 Å². The standard InChI is InChI=1S/C21H23NO4/c1-14(16-9-6-10-17(11-16)26-2)20(23)22-12-18(19(13-22)21(24)25)15-7-4-3-5-8-15/h3-11,14,18-19H,12-13H2,1-2H3,(H,24,25). The Kier molecular flexibility index (Phi) is 5.26. The predicted octanol–water partition coefficient (Wildman–Crippen LogP) is 3.13. The fraction of sp³-hybridized carbons (Fsp3) is 0.333. The number of benzene rings is 2. The summed E-state index contributed by atoms with van der Waals surface area (Å²) in [6.45, 7) is 2.51. The number of carbonyl (C=O) groups is 2. The molecule has 0 aliphatic carbocycles. The fourth-order valence-corrected chi connectivity index (χ4v) is 3.60. The van der Waals surface area contributed by atoms with E-state index in [0.29, 0.717) is 12.3 Å². The van der Waals surface area contributed by atoms with Gasteiger partial charge >= 0.3 is 5.97 Å². The van der Waals surface area contributed by atoms with E-state index in [4.69, 9.17) is 4.74 Å². The summed E-state index contributed by atoms with van der Waals surface area (Å²) in [5.74, 6) is -1.33. The Morgan fingerprint density at radius 3 is 2.50 bits per heavy atom. The topological polar surface area (TPSA) is 66.8 Å². The number of hydrogen-bond acceptors (Lipinski definition) is 3. The Balaban J connectivity index is 1.80. The van der Waals surface area contributed by atoms with Crippen LogP contribution in [0.15, 0.2) is 54.6 Å². The average molecular weight is 353 g/mol. The van der Waals surface area contributed by atoms with Crippen LogP contribution in [-0.4, -0.2) is 42.1 Å². The SMILES string of the molecule is COc1cccc(C(C)C(=O)N2CC(C(=O)O)C(c3ccccc3)C2)c1. The highest BCUT2D eigenvalue weighted by molar-refractivity contribution is 5.85. The number of rotatable bonds is 5. The lowest BCUT2D eigenvalue weighted by Gasteiger charge is -2.21. The first-order chi connectivity index (χ1) is 12.5. The molecule has 5 nitrogen and oxygen atoms in total. The van der Waals surface area contributed by atoms with Crippen molar-refractivity contribution in [2.75, 3.05) is 20.2 Å². The van der Waals surface area contributed by atoms with Crippen molar-refractivity contribution in [2.45, 2.75) is 18.8 Å². The van der Waals surface area contributed by atoms with Gasteiger partial charge in [-0.2, -0.15) is 0 Å². The van der Waals surface area contributed by atoms with Crippen LogP contribution in [0.1, 0.15) is 29.9 Å². The Hall–Kier alpha value is -2.82. The molecule has 1 aliphatic heterocycles. The summed E-state index contributed by atoms with van der Waals surface area (Å²) in [7, 11) is 1.59. The van der Waals surface area contributed by atoms with Gasteiger partial charge in [-0.3, -0.25) is 9.59 Å². The average Bonchev–Trinajstić information content (AvgIpc) is 3.13. The number of carbonyl (C=O) groups excluding carboxylic acids is 1. The largest absolute Gasteiger partial charge is 0.497 e. The number of carboxylic acid groups (broad SMARTS) is 1. The van der Waals surface area contributed by atoms with Crippen molar-refractivity contribution in [3.8, 4) is 5.75 Å². The smallest absolute Gasteiger partial charge is 0.308 e. The van der Waals surface area contributed by atoms with E-state index in [-0.39, 0.29) is 24.3 Å². The van der Waals surface area contributed by atoms with Gasteiger partial charge in [-0.05, 0) is 30.2 Å². The highest BCUT2D eigenvalue weighted by Crippen LogP contribution is 2.34. The minimum atomic E-state index is -0.858. The number of aliphatic carboxylic acids is 1. The van der Waals surface area contributed by atoms with Gasteiger partial charge in [0.1, 0.15) is 5.75 Å². The van der Waals surface area contributed by atoms with E-state index in [9.17, 15) is 14.7 Å². The normalized spacial score (nSPS) is 20.6. The van der Waals surface area contributed by atoms with Crippen LogP contribution in [0.5, 0.6) is 5.75 Å². The number of methoxy groups -OCH3 is 1. The van der Waals surface area contributed by atoms with Crippen LogP contribution in [0.2, 0.25) is 0 Å². The highest BCUT2D eigenvalue weighted by Gasteiger charge is 2.41.